The Bertz CT molecular complexity index is 372. The minimum Gasteiger partial charge on any atom is -0.380 e. The third kappa shape index (κ3) is 3.83. The van der Waals surface area contributed by atoms with E-state index in [1.165, 1.54) is 0 Å². The summed E-state index contributed by atoms with van der Waals surface area (Å²) in [5.41, 5.74) is 2.27. The van der Waals surface area contributed by atoms with Gasteiger partial charge in [0.15, 0.2) is 0 Å². The Morgan fingerprint density at radius 2 is 1.65 bits per heavy atom. The van der Waals surface area contributed by atoms with E-state index in [2.05, 4.69) is 42.1 Å². The quantitative estimate of drug-likeness (QED) is 0.685. The molecule has 0 bridgehead atoms. The first-order valence-electron chi connectivity index (χ1n) is 5.74. The van der Waals surface area contributed by atoms with Crippen LogP contribution in [0.3, 0.4) is 0 Å². The smallest absolute Gasteiger partial charge is 0.0607 e. The minimum atomic E-state index is 0.757. The van der Waals surface area contributed by atoms with Crippen LogP contribution in [0.15, 0.2) is 62.2 Å². The third-order valence-corrected chi connectivity index (χ3v) is 2.38. The zero-order chi connectivity index (χ0) is 12.5. The highest BCUT2D eigenvalue weighted by molar-refractivity contribution is 5.70. The largest absolute Gasteiger partial charge is 0.380 e. The van der Waals surface area contributed by atoms with Crippen LogP contribution in [-0.4, -0.2) is 19.6 Å². The van der Waals surface area contributed by atoms with Gasteiger partial charge < -0.3 is 10.2 Å². The summed E-state index contributed by atoms with van der Waals surface area (Å²) in [5, 5.41) is 3.33. The average molecular weight is 228 g/mol. The van der Waals surface area contributed by atoms with Gasteiger partial charge in [0.2, 0.25) is 0 Å². The van der Waals surface area contributed by atoms with Crippen LogP contribution < -0.4 is 10.2 Å². The number of hydrogen-bond donors (Lipinski definition) is 1. The summed E-state index contributed by atoms with van der Waals surface area (Å²) in [6, 6.07) is 8.22. The lowest BCUT2D eigenvalue weighted by molar-refractivity contribution is 0.956. The normalized spacial score (nSPS) is 9.41. The number of anilines is 2. The van der Waals surface area contributed by atoms with E-state index in [0.29, 0.717) is 0 Å². The van der Waals surface area contributed by atoms with Crippen molar-refractivity contribution in [2.75, 3.05) is 29.9 Å². The fraction of sp³-hybridized carbons (Fsp3) is 0.200. The lowest BCUT2D eigenvalue weighted by Crippen LogP contribution is -2.24. The Labute approximate surface area is 104 Å². The van der Waals surface area contributed by atoms with Gasteiger partial charge in [-0.25, -0.2) is 0 Å². The van der Waals surface area contributed by atoms with Gasteiger partial charge in [-0.15, -0.1) is 19.7 Å². The van der Waals surface area contributed by atoms with E-state index in [9.17, 15) is 0 Å². The van der Waals surface area contributed by atoms with Crippen LogP contribution in [0.1, 0.15) is 0 Å². The lowest BCUT2D eigenvalue weighted by atomic mass is 10.2. The second-order valence-electron chi connectivity index (χ2n) is 3.67. The Balaban J connectivity index is 2.94. The van der Waals surface area contributed by atoms with Crippen molar-refractivity contribution < 1.29 is 0 Å². The molecule has 0 aliphatic carbocycles. The van der Waals surface area contributed by atoms with Crippen molar-refractivity contribution in [1.29, 1.82) is 0 Å². The van der Waals surface area contributed by atoms with Crippen molar-refractivity contribution in [2.24, 2.45) is 0 Å². The molecule has 0 fully saturated rings. The van der Waals surface area contributed by atoms with E-state index < -0.39 is 0 Å². The molecule has 0 aliphatic rings. The summed E-state index contributed by atoms with van der Waals surface area (Å²) in [6.07, 6.45) is 5.64. The molecule has 0 unspecified atom stereocenters. The summed E-state index contributed by atoms with van der Waals surface area (Å²) in [5.74, 6) is 0. The van der Waals surface area contributed by atoms with Crippen molar-refractivity contribution in [2.45, 2.75) is 0 Å². The monoisotopic (exact) mass is 228 g/mol. The summed E-state index contributed by atoms with van der Waals surface area (Å²) >= 11 is 0. The first-order chi connectivity index (χ1) is 8.33. The fourth-order valence-electron chi connectivity index (χ4n) is 1.66. The maximum Gasteiger partial charge on any atom is 0.0607 e. The highest BCUT2D eigenvalue weighted by atomic mass is 15.1. The summed E-state index contributed by atoms with van der Waals surface area (Å²) < 4.78 is 0. The molecule has 0 atom stereocenters. The van der Waals surface area contributed by atoms with Crippen molar-refractivity contribution in [3.8, 4) is 0 Å². The van der Waals surface area contributed by atoms with E-state index >= 15 is 0 Å². The van der Waals surface area contributed by atoms with E-state index in [1.54, 1.807) is 0 Å². The molecule has 0 heterocycles. The molecule has 17 heavy (non-hydrogen) atoms. The Kier molecular flexibility index (Phi) is 5.66. The van der Waals surface area contributed by atoms with Gasteiger partial charge in [-0.1, -0.05) is 30.4 Å². The predicted octanol–water partition coefficient (Wildman–Crippen LogP) is 3.46. The average Bonchev–Trinajstić information content (AvgIpc) is 2.36. The fourth-order valence-corrected chi connectivity index (χ4v) is 1.66. The molecule has 2 heteroatoms. The number of hydrogen-bond acceptors (Lipinski definition) is 2. The van der Waals surface area contributed by atoms with Gasteiger partial charge in [0, 0.05) is 19.6 Å². The maximum absolute atomic E-state index is 3.79. The van der Waals surface area contributed by atoms with Gasteiger partial charge in [0.05, 0.1) is 11.4 Å². The molecule has 0 spiro atoms. The molecule has 2 nitrogen and oxygen atoms in total. The van der Waals surface area contributed by atoms with Crippen LogP contribution in [-0.2, 0) is 0 Å². The molecule has 0 aromatic heterocycles. The molecule has 1 aromatic carbocycles. The second-order valence-corrected chi connectivity index (χ2v) is 3.67. The topological polar surface area (TPSA) is 15.3 Å². The van der Waals surface area contributed by atoms with E-state index in [0.717, 1.165) is 31.0 Å². The maximum atomic E-state index is 3.79. The molecule has 0 saturated carbocycles. The second kappa shape index (κ2) is 7.34. The molecule has 0 aliphatic heterocycles. The molecule has 90 valence electrons. The molecular weight excluding hydrogens is 208 g/mol. The molecule has 0 saturated heterocycles. The molecule has 0 amide bonds. The Hall–Kier alpha value is -1.96. The molecule has 1 aromatic rings. The number of para-hydroxylation sites is 2. The predicted molar refractivity (Wildman–Crippen MR) is 77.7 cm³/mol. The first kappa shape index (κ1) is 13.1. The summed E-state index contributed by atoms with van der Waals surface area (Å²) in [4.78, 5) is 2.21. The molecular formula is C15H20N2. The highest BCUT2D eigenvalue weighted by Gasteiger charge is 2.07. The van der Waals surface area contributed by atoms with Gasteiger partial charge >= 0.3 is 0 Å². The number of benzene rings is 1. The lowest BCUT2D eigenvalue weighted by Gasteiger charge is -2.24. The molecule has 1 rings (SSSR count). The van der Waals surface area contributed by atoms with Gasteiger partial charge in [-0.3, -0.25) is 0 Å². The SMILES string of the molecule is C=CCNc1ccccc1N(CC=C)CC=C. The van der Waals surface area contributed by atoms with Crippen LogP contribution >= 0.6 is 0 Å². The zero-order valence-corrected chi connectivity index (χ0v) is 10.2. The van der Waals surface area contributed by atoms with Crippen LogP contribution in [0, 0.1) is 0 Å². The van der Waals surface area contributed by atoms with Crippen LogP contribution in [0.2, 0.25) is 0 Å². The minimum absolute atomic E-state index is 0.757. The van der Waals surface area contributed by atoms with Crippen molar-refractivity contribution in [3.63, 3.8) is 0 Å². The molecule has 0 radical (unpaired) electrons. The van der Waals surface area contributed by atoms with Crippen LogP contribution in [0.25, 0.3) is 0 Å². The van der Waals surface area contributed by atoms with Gasteiger partial charge in [-0.05, 0) is 12.1 Å². The first-order valence-corrected chi connectivity index (χ1v) is 5.74. The number of nitrogens with zero attached hydrogens (tertiary/aromatic N) is 1. The van der Waals surface area contributed by atoms with Crippen LogP contribution in [0.5, 0.6) is 0 Å². The van der Waals surface area contributed by atoms with Crippen LogP contribution in [0.4, 0.5) is 11.4 Å². The van der Waals surface area contributed by atoms with E-state index in [4.69, 9.17) is 0 Å². The van der Waals surface area contributed by atoms with Crippen molar-refractivity contribution in [1.82, 2.24) is 0 Å². The van der Waals surface area contributed by atoms with E-state index in [-0.39, 0.29) is 0 Å². The van der Waals surface area contributed by atoms with Crippen molar-refractivity contribution >= 4 is 11.4 Å². The van der Waals surface area contributed by atoms with Gasteiger partial charge in [-0.2, -0.15) is 0 Å². The number of rotatable bonds is 8. The van der Waals surface area contributed by atoms with Crippen molar-refractivity contribution in [3.05, 3.63) is 62.2 Å². The third-order valence-electron chi connectivity index (χ3n) is 2.38. The Morgan fingerprint density at radius 1 is 1.00 bits per heavy atom. The standard InChI is InChI=1S/C15H20N2/c1-4-11-16-14-9-7-8-10-15(14)17(12-5-2)13-6-3/h4-10,16H,1-3,11-13H2. The molecule has 1 N–H and O–H groups in total. The summed E-state index contributed by atoms with van der Waals surface area (Å²) in [6.45, 7) is 13.7. The zero-order valence-electron chi connectivity index (χ0n) is 10.2. The van der Waals surface area contributed by atoms with Gasteiger partial charge in [0.1, 0.15) is 0 Å². The Morgan fingerprint density at radius 3 is 2.24 bits per heavy atom. The highest BCUT2D eigenvalue weighted by Crippen LogP contribution is 2.25. The number of nitrogens with one attached hydrogen (secondary N) is 1. The summed E-state index contributed by atoms with van der Waals surface area (Å²) in [7, 11) is 0. The van der Waals surface area contributed by atoms with Gasteiger partial charge in [0.25, 0.3) is 0 Å². The van der Waals surface area contributed by atoms with E-state index in [1.807, 2.05) is 30.4 Å².